The molecule has 2 N–H and O–H groups in total. The fourth-order valence-corrected chi connectivity index (χ4v) is 2.00. The molecule has 0 amide bonds. The van der Waals surface area contributed by atoms with Gasteiger partial charge in [-0.05, 0) is 32.9 Å². The lowest BCUT2D eigenvalue weighted by molar-refractivity contribution is 0.235. The van der Waals surface area contributed by atoms with E-state index in [1.165, 1.54) is 32.4 Å². The smallest absolute Gasteiger partial charge is 0.191 e. The van der Waals surface area contributed by atoms with Crippen molar-refractivity contribution in [2.45, 2.75) is 26.2 Å². The second-order valence-electron chi connectivity index (χ2n) is 4.33. The fraction of sp³-hybridized carbons (Fsp3) is 0.769. The van der Waals surface area contributed by atoms with E-state index in [4.69, 9.17) is 0 Å². The minimum atomic E-state index is 0.759. The number of piperidine rings is 1. The molecule has 1 aliphatic heterocycles. The highest BCUT2D eigenvalue weighted by atomic mass is 15.2. The van der Waals surface area contributed by atoms with Crippen molar-refractivity contribution in [1.29, 1.82) is 0 Å². The van der Waals surface area contributed by atoms with Gasteiger partial charge in [0.1, 0.15) is 0 Å². The summed E-state index contributed by atoms with van der Waals surface area (Å²) in [6.07, 6.45) is 5.93. The maximum atomic E-state index is 4.55. The molecule has 1 fully saturated rings. The van der Waals surface area contributed by atoms with E-state index in [9.17, 15) is 0 Å². The van der Waals surface area contributed by atoms with Crippen LogP contribution in [-0.2, 0) is 0 Å². The van der Waals surface area contributed by atoms with Gasteiger partial charge in [0.25, 0.3) is 0 Å². The lowest BCUT2D eigenvalue weighted by atomic mass is 10.1. The highest BCUT2D eigenvalue weighted by molar-refractivity contribution is 5.79. The Balaban J connectivity index is 2.23. The summed E-state index contributed by atoms with van der Waals surface area (Å²) in [6, 6.07) is 0. The highest BCUT2D eigenvalue weighted by Gasteiger charge is 2.08. The van der Waals surface area contributed by atoms with Gasteiger partial charge in [-0.1, -0.05) is 12.5 Å². The summed E-state index contributed by atoms with van der Waals surface area (Å²) in [5, 5.41) is 6.44. The van der Waals surface area contributed by atoms with Gasteiger partial charge in [0.05, 0.1) is 6.54 Å². The first-order valence-corrected chi connectivity index (χ1v) is 6.72. The lowest BCUT2D eigenvalue weighted by Gasteiger charge is -2.25. The highest BCUT2D eigenvalue weighted by Crippen LogP contribution is 2.07. The van der Waals surface area contributed by atoms with Crippen molar-refractivity contribution in [1.82, 2.24) is 15.5 Å². The van der Waals surface area contributed by atoms with Crippen molar-refractivity contribution >= 4 is 5.96 Å². The minimum absolute atomic E-state index is 0.759. The van der Waals surface area contributed by atoms with Crippen LogP contribution in [0.1, 0.15) is 26.2 Å². The predicted octanol–water partition coefficient (Wildman–Crippen LogP) is 1.21. The lowest BCUT2D eigenvalue weighted by Crippen LogP contribution is -2.38. The second kappa shape index (κ2) is 9.05. The first kappa shape index (κ1) is 14.0. The molecule has 0 radical (unpaired) electrons. The van der Waals surface area contributed by atoms with Gasteiger partial charge in [-0.3, -0.25) is 4.99 Å². The molecular formula is C13H26N4. The number of hydrogen-bond acceptors (Lipinski definition) is 2. The third-order valence-electron chi connectivity index (χ3n) is 2.89. The Morgan fingerprint density at radius 1 is 1.29 bits per heavy atom. The van der Waals surface area contributed by atoms with Gasteiger partial charge in [0, 0.05) is 19.6 Å². The summed E-state index contributed by atoms with van der Waals surface area (Å²) in [5.41, 5.74) is 0. The van der Waals surface area contributed by atoms with Crippen molar-refractivity contribution in [2.24, 2.45) is 4.99 Å². The number of nitrogens with zero attached hydrogens (tertiary/aromatic N) is 2. The molecule has 1 saturated heterocycles. The van der Waals surface area contributed by atoms with Crippen LogP contribution in [-0.4, -0.2) is 50.1 Å². The van der Waals surface area contributed by atoms with Crippen LogP contribution in [0.5, 0.6) is 0 Å². The molecule has 0 aromatic heterocycles. The second-order valence-corrected chi connectivity index (χ2v) is 4.33. The quantitative estimate of drug-likeness (QED) is 0.415. The molecule has 0 atom stereocenters. The van der Waals surface area contributed by atoms with E-state index < -0.39 is 0 Å². The monoisotopic (exact) mass is 238 g/mol. The summed E-state index contributed by atoms with van der Waals surface area (Å²) in [7, 11) is 0. The SMILES string of the molecule is C=CCNC(=NCCN1CCCCC1)NCC. The zero-order chi connectivity index (χ0) is 12.3. The van der Waals surface area contributed by atoms with Gasteiger partial charge >= 0.3 is 0 Å². The van der Waals surface area contributed by atoms with Crippen molar-refractivity contribution in [3.8, 4) is 0 Å². The van der Waals surface area contributed by atoms with Crippen LogP contribution in [0, 0.1) is 0 Å². The van der Waals surface area contributed by atoms with Crippen LogP contribution in [0.2, 0.25) is 0 Å². The van der Waals surface area contributed by atoms with E-state index in [1.807, 2.05) is 6.08 Å². The van der Waals surface area contributed by atoms with Crippen LogP contribution in [0.4, 0.5) is 0 Å². The van der Waals surface area contributed by atoms with E-state index in [-0.39, 0.29) is 0 Å². The Morgan fingerprint density at radius 3 is 2.71 bits per heavy atom. The van der Waals surface area contributed by atoms with Crippen LogP contribution in [0.3, 0.4) is 0 Å². The number of likely N-dealkylation sites (tertiary alicyclic amines) is 1. The Labute approximate surface area is 105 Å². The normalized spacial score (nSPS) is 17.8. The van der Waals surface area contributed by atoms with Crippen molar-refractivity contribution in [3.05, 3.63) is 12.7 Å². The minimum Gasteiger partial charge on any atom is -0.357 e. The van der Waals surface area contributed by atoms with E-state index in [2.05, 4.69) is 34.0 Å². The number of rotatable bonds is 6. The first-order chi connectivity index (χ1) is 8.36. The zero-order valence-electron chi connectivity index (χ0n) is 11.0. The topological polar surface area (TPSA) is 39.7 Å². The fourth-order valence-electron chi connectivity index (χ4n) is 2.00. The molecule has 1 aliphatic rings. The maximum Gasteiger partial charge on any atom is 0.191 e. The molecule has 0 unspecified atom stereocenters. The molecule has 0 aromatic carbocycles. The van der Waals surface area contributed by atoms with Gasteiger partial charge in [-0.25, -0.2) is 0 Å². The van der Waals surface area contributed by atoms with Gasteiger partial charge in [0.2, 0.25) is 0 Å². The van der Waals surface area contributed by atoms with Gasteiger partial charge in [-0.2, -0.15) is 0 Å². The average Bonchev–Trinajstić information content (AvgIpc) is 2.37. The summed E-state index contributed by atoms with van der Waals surface area (Å²) in [5.74, 6) is 0.893. The molecule has 0 saturated carbocycles. The molecule has 0 aliphatic carbocycles. The molecule has 4 heteroatoms. The standard InChI is InChI=1S/C13H26N4/c1-3-8-15-13(14-4-2)16-9-12-17-10-6-5-7-11-17/h3H,1,4-12H2,2H3,(H2,14,15,16). The third kappa shape index (κ3) is 6.31. The predicted molar refractivity (Wildman–Crippen MR) is 74.5 cm³/mol. The third-order valence-corrected chi connectivity index (χ3v) is 2.89. The number of guanidine groups is 1. The molecule has 17 heavy (non-hydrogen) atoms. The van der Waals surface area contributed by atoms with Gasteiger partial charge in [-0.15, -0.1) is 6.58 Å². The molecule has 4 nitrogen and oxygen atoms in total. The molecule has 98 valence electrons. The van der Waals surface area contributed by atoms with E-state index in [1.54, 1.807) is 0 Å². The molecular weight excluding hydrogens is 212 g/mol. The number of hydrogen-bond donors (Lipinski definition) is 2. The maximum absolute atomic E-state index is 4.55. The molecule has 1 heterocycles. The zero-order valence-corrected chi connectivity index (χ0v) is 11.0. The van der Waals surface area contributed by atoms with E-state index in [0.717, 1.165) is 32.1 Å². The summed E-state index contributed by atoms with van der Waals surface area (Å²) >= 11 is 0. The number of nitrogens with one attached hydrogen (secondary N) is 2. The van der Waals surface area contributed by atoms with Crippen LogP contribution >= 0.6 is 0 Å². The Kier molecular flexibility index (Phi) is 7.47. The Hall–Kier alpha value is -1.03. The summed E-state index contributed by atoms with van der Waals surface area (Å²) in [4.78, 5) is 7.05. The molecule has 0 aromatic rings. The average molecular weight is 238 g/mol. The van der Waals surface area contributed by atoms with Crippen molar-refractivity contribution < 1.29 is 0 Å². The van der Waals surface area contributed by atoms with Gasteiger partial charge in [0.15, 0.2) is 5.96 Å². The largest absolute Gasteiger partial charge is 0.357 e. The summed E-state index contributed by atoms with van der Waals surface area (Å²) < 4.78 is 0. The van der Waals surface area contributed by atoms with Gasteiger partial charge < -0.3 is 15.5 Å². The first-order valence-electron chi connectivity index (χ1n) is 6.72. The Morgan fingerprint density at radius 2 is 2.06 bits per heavy atom. The summed E-state index contributed by atoms with van der Waals surface area (Å²) in [6.45, 7) is 11.9. The molecule has 0 bridgehead atoms. The van der Waals surface area contributed by atoms with Crippen LogP contribution in [0.25, 0.3) is 0 Å². The van der Waals surface area contributed by atoms with Crippen molar-refractivity contribution in [2.75, 3.05) is 39.3 Å². The van der Waals surface area contributed by atoms with Crippen LogP contribution < -0.4 is 10.6 Å². The van der Waals surface area contributed by atoms with Crippen molar-refractivity contribution in [3.63, 3.8) is 0 Å². The number of aliphatic imine (C=N–C) groups is 1. The molecule has 1 rings (SSSR count). The van der Waals surface area contributed by atoms with E-state index in [0.29, 0.717) is 0 Å². The van der Waals surface area contributed by atoms with E-state index >= 15 is 0 Å². The Bertz CT molecular complexity index is 232. The van der Waals surface area contributed by atoms with Crippen LogP contribution in [0.15, 0.2) is 17.6 Å². The molecule has 0 spiro atoms.